The van der Waals surface area contributed by atoms with Gasteiger partial charge in [0.15, 0.2) is 0 Å². The molecule has 1 rings (SSSR count). The minimum atomic E-state index is -0.0313. The van der Waals surface area contributed by atoms with Gasteiger partial charge in [-0.1, -0.05) is 0 Å². The van der Waals surface area contributed by atoms with Gasteiger partial charge in [-0.15, -0.1) is 0 Å². The fourth-order valence-corrected chi connectivity index (χ4v) is 0.985. The maximum absolute atomic E-state index is 7.05. The Morgan fingerprint density at radius 3 is 2.60 bits per heavy atom. The summed E-state index contributed by atoms with van der Waals surface area (Å²) in [6.07, 6.45) is 0. The Balaban J connectivity index is 3.17. The van der Waals surface area contributed by atoms with E-state index in [1.165, 1.54) is 0 Å². The zero-order valence-electron chi connectivity index (χ0n) is 5.40. The first-order chi connectivity index (χ1) is 4.63. The first kappa shape index (κ1) is 7.27. The van der Waals surface area contributed by atoms with Crippen molar-refractivity contribution in [2.45, 2.75) is 6.92 Å². The number of nitrogens with zero attached hydrogens (tertiary/aromatic N) is 1. The van der Waals surface area contributed by atoms with Gasteiger partial charge in [-0.2, -0.15) is 5.10 Å². The summed E-state index contributed by atoms with van der Waals surface area (Å²) in [6, 6.07) is 0. The van der Waals surface area contributed by atoms with Gasteiger partial charge in [-0.3, -0.25) is 10.5 Å². The molecule has 0 spiro atoms. The highest BCUT2D eigenvalue weighted by molar-refractivity contribution is 9.10. The molecule has 0 unspecified atom stereocenters. The van der Waals surface area contributed by atoms with Crippen LogP contribution in [-0.4, -0.2) is 16.0 Å². The monoisotopic (exact) mass is 202 g/mol. The predicted molar refractivity (Wildman–Crippen MR) is 42.0 cm³/mol. The van der Waals surface area contributed by atoms with Gasteiger partial charge in [0, 0.05) is 5.69 Å². The number of hydrogen-bond acceptors (Lipinski definition) is 2. The number of amidine groups is 1. The highest BCUT2D eigenvalue weighted by Crippen LogP contribution is 2.16. The minimum Gasteiger partial charge on any atom is -0.382 e. The SMILES string of the molecule is Cc1[nH]nc(C(=N)N)c1Br. The highest BCUT2D eigenvalue weighted by atomic mass is 79.9. The molecule has 1 aromatic heterocycles. The van der Waals surface area contributed by atoms with E-state index in [9.17, 15) is 0 Å². The molecule has 0 fully saturated rings. The van der Waals surface area contributed by atoms with Crippen molar-refractivity contribution in [2.75, 3.05) is 0 Å². The average molecular weight is 203 g/mol. The number of aromatic nitrogens is 2. The molecule has 0 aliphatic carbocycles. The van der Waals surface area contributed by atoms with Crippen LogP contribution >= 0.6 is 15.9 Å². The van der Waals surface area contributed by atoms with Gasteiger partial charge in [0.25, 0.3) is 0 Å². The lowest BCUT2D eigenvalue weighted by molar-refractivity contribution is 1.04. The average Bonchev–Trinajstić information content (AvgIpc) is 2.14. The Morgan fingerprint density at radius 2 is 2.40 bits per heavy atom. The number of rotatable bonds is 1. The number of halogens is 1. The standard InChI is InChI=1S/C5H7BrN4/c1-2-3(6)4(5(7)8)10-9-2/h1H3,(H3,7,8)(H,9,10). The summed E-state index contributed by atoms with van der Waals surface area (Å²) in [5, 5.41) is 13.5. The van der Waals surface area contributed by atoms with Crippen LogP contribution in [0.15, 0.2) is 4.47 Å². The van der Waals surface area contributed by atoms with E-state index in [4.69, 9.17) is 11.1 Å². The fourth-order valence-electron chi connectivity index (χ4n) is 0.594. The molecule has 4 N–H and O–H groups in total. The number of aromatic amines is 1. The molecule has 0 saturated carbocycles. The smallest absolute Gasteiger partial charge is 0.144 e. The summed E-state index contributed by atoms with van der Waals surface area (Å²) in [7, 11) is 0. The molecule has 0 bridgehead atoms. The van der Waals surface area contributed by atoms with Crippen molar-refractivity contribution in [3.63, 3.8) is 0 Å². The summed E-state index contributed by atoms with van der Waals surface area (Å²) < 4.78 is 0.764. The molecule has 5 heteroatoms. The predicted octanol–water partition coefficient (Wildman–Crippen LogP) is 0.765. The lowest BCUT2D eigenvalue weighted by Gasteiger charge is -1.89. The first-order valence-electron chi connectivity index (χ1n) is 2.67. The van der Waals surface area contributed by atoms with E-state index in [-0.39, 0.29) is 5.84 Å². The zero-order valence-corrected chi connectivity index (χ0v) is 6.99. The fraction of sp³-hybridized carbons (Fsp3) is 0.200. The molecular formula is C5H7BrN4. The second kappa shape index (κ2) is 2.42. The Bertz CT molecular complexity index is 265. The van der Waals surface area contributed by atoms with E-state index in [0.29, 0.717) is 5.69 Å². The molecule has 1 aromatic rings. The van der Waals surface area contributed by atoms with Gasteiger partial charge >= 0.3 is 0 Å². The summed E-state index contributed by atoms with van der Waals surface area (Å²) in [6.45, 7) is 1.85. The number of nitrogens with two attached hydrogens (primary N) is 1. The van der Waals surface area contributed by atoms with Gasteiger partial charge in [0.05, 0.1) is 4.47 Å². The van der Waals surface area contributed by atoms with Crippen molar-refractivity contribution in [3.05, 3.63) is 15.9 Å². The van der Waals surface area contributed by atoms with Crippen molar-refractivity contribution in [2.24, 2.45) is 5.73 Å². The topological polar surface area (TPSA) is 78.5 Å². The second-order valence-electron chi connectivity index (χ2n) is 1.92. The van der Waals surface area contributed by atoms with Gasteiger partial charge in [-0.05, 0) is 22.9 Å². The van der Waals surface area contributed by atoms with Crippen LogP contribution in [0.1, 0.15) is 11.4 Å². The number of nitrogens with one attached hydrogen (secondary N) is 2. The van der Waals surface area contributed by atoms with Crippen LogP contribution in [0.25, 0.3) is 0 Å². The Kier molecular flexibility index (Phi) is 1.76. The molecule has 54 valence electrons. The van der Waals surface area contributed by atoms with Crippen molar-refractivity contribution in [3.8, 4) is 0 Å². The maximum atomic E-state index is 7.05. The lowest BCUT2D eigenvalue weighted by atomic mass is 10.3. The molecule has 0 aromatic carbocycles. The molecule has 0 aliphatic rings. The molecule has 4 nitrogen and oxygen atoms in total. The summed E-state index contributed by atoms with van der Waals surface area (Å²) in [5.41, 5.74) is 6.55. The summed E-state index contributed by atoms with van der Waals surface area (Å²) >= 11 is 3.24. The van der Waals surface area contributed by atoms with E-state index < -0.39 is 0 Å². The van der Waals surface area contributed by atoms with E-state index in [1.807, 2.05) is 6.92 Å². The third kappa shape index (κ3) is 1.04. The van der Waals surface area contributed by atoms with Crippen molar-refractivity contribution in [1.29, 1.82) is 5.41 Å². The van der Waals surface area contributed by atoms with Crippen molar-refractivity contribution < 1.29 is 0 Å². The van der Waals surface area contributed by atoms with Crippen molar-refractivity contribution >= 4 is 21.8 Å². The van der Waals surface area contributed by atoms with Crippen molar-refractivity contribution in [1.82, 2.24) is 10.2 Å². The molecule has 10 heavy (non-hydrogen) atoms. The largest absolute Gasteiger partial charge is 0.382 e. The third-order valence-corrected chi connectivity index (χ3v) is 2.10. The second-order valence-corrected chi connectivity index (χ2v) is 2.72. The summed E-state index contributed by atoms with van der Waals surface area (Å²) in [5.74, 6) is -0.0313. The first-order valence-corrected chi connectivity index (χ1v) is 3.47. The summed E-state index contributed by atoms with van der Waals surface area (Å²) in [4.78, 5) is 0. The van der Waals surface area contributed by atoms with Crippen LogP contribution in [0.4, 0.5) is 0 Å². The molecule has 1 heterocycles. The molecule has 0 radical (unpaired) electrons. The maximum Gasteiger partial charge on any atom is 0.144 e. The van der Waals surface area contributed by atoms with Crippen LogP contribution in [0.5, 0.6) is 0 Å². The van der Waals surface area contributed by atoms with Crippen LogP contribution < -0.4 is 5.73 Å². The molecular weight excluding hydrogens is 196 g/mol. The van der Waals surface area contributed by atoms with E-state index in [1.54, 1.807) is 0 Å². The normalized spacial score (nSPS) is 9.80. The lowest BCUT2D eigenvalue weighted by Crippen LogP contribution is -2.12. The number of hydrogen-bond donors (Lipinski definition) is 3. The molecule has 0 aliphatic heterocycles. The van der Waals surface area contributed by atoms with Crippen LogP contribution in [0, 0.1) is 12.3 Å². The number of nitrogen functional groups attached to an aromatic ring is 1. The zero-order chi connectivity index (χ0) is 7.72. The van der Waals surface area contributed by atoms with E-state index in [0.717, 1.165) is 10.2 Å². The van der Waals surface area contributed by atoms with Gasteiger partial charge in [0.2, 0.25) is 0 Å². The minimum absolute atomic E-state index is 0.0313. The number of aryl methyl sites for hydroxylation is 1. The highest BCUT2D eigenvalue weighted by Gasteiger charge is 2.08. The van der Waals surface area contributed by atoms with Gasteiger partial charge in [-0.25, -0.2) is 0 Å². The Morgan fingerprint density at radius 1 is 1.80 bits per heavy atom. The Hall–Kier alpha value is -0.840. The Labute approximate surface area is 66.5 Å². The van der Waals surface area contributed by atoms with Gasteiger partial charge < -0.3 is 5.73 Å². The number of H-pyrrole nitrogens is 1. The van der Waals surface area contributed by atoms with Crippen LogP contribution in [-0.2, 0) is 0 Å². The van der Waals surface area contributed by atoms with Crippen LogP contribution in [0.3, 0.4) is 0 Å². The third-order valence-electron chi connectivity index (χ3n) is 1.13. The van der Waals surface area contributed by atoms with E-state index in [2.05, 4.69) is 26.1 Å². The quantitative estimate of drug-likeness (QED) is 0.465. The van der Waals surface area contributed by atoms with E-state index >= 15 is 0 Å². The van der Waals surface area contributed by atoms with Gasteiger partial charge in [0.1, 0.15) is 11.5 Å². The molecule has 0 saturated heterocycles. The van der Waals surface area contributed by atoms with Crippen LogP contribution in [0.2, 0.25) is 0 Å². The molecule has 0 atom stereocenters. The molecule has 0 amide bonds.